The van der Waals surface area contributed by atoms with E-state index in [4.69, 9.17) is 0 Å². The molecule has 632 valence electrons. The van der Waals surface area contributed by atoms with Crippen LogP contribution in [0.3, 0.4) is 0 Å². The smallest absolute Gasteiger partial charge is 0.00201 e. The molecule has 0 N–H and O–H groups in total. The topological polar surface area (TPSA) is 0 Å². The third-order valence-corrected chi connectivity index (χ3v) is 28.1. The van der Waals surface area contributed by atoms with Gasteiger partial charge in [0.05, 0.1) is 0 Å². The van der Waals surface area contributed by atoms with Gasteiger partial charge in [-0.1, -0.05) is 497 Å². The molecule has 0 aliphatic carbocycles. The van der Waals surface area contributed by atoms with Gasteiger partial charge in [0.25, 0.3) is 0 Å². The van der Waals surface area contributed by atoms with Crippen LogP contribution in [0.1, 0.15) is 0 Å². The number of benzene rings is 27. The molecule has 0 saturated heterocycles. The largest absolute Gasteiger partial charge is 0.0622 e. The molecule has 27 aromatic rings. The molecule has 0 fully saturated rings. The molecule has 136 heavy (non-hydrogen) atoms. The van der Waals surface area contributed by atoms with Gasteiger partial charge in [-0.3, -0.25) is 0 Å². The summed E-state index contributed by atoms with van der Waals surface area (Å²) in [5.74, 6) is 0. The zero-order chi connectivity index (χ0) is 89.9. The van der Waals surface area contributed by atoms with Gasteiger partial charge in [-0.2, -0.15) is 0 Å². The molecule has 0 aliphatic heterocycles. The predicted octanol–water partition coefficient (Wildman–Crippen LogP) is 38.4. The number of rotatable bonds is 11. The minimum atomic E-state index is 1.20. The van der Waals surface area contributed by atoms with Crippen LogP contribution in [0.2, 0.25) is 0 Å². The van der Waals surface area contributed by atoms with E-state index in [1.807, 2.05) is 0 Å². The van der Waals surface area contributed by atoms with Crippen molar-refractivity contribution in [3.05, 3.63) is 534 Å². The van der Waals surface area contributed by atoms with Gasteiger partial charge in [0.2, 0.25) is 0 Å². The second kappa shape index (κ2) is 34.6. The second-order valence-electron chi connectivity index (χ2n) is 35.8. The monoisotopic (exact) mass is 1720 g/mol. The van der Waals surface area contributed by atoms with Gasteiger partial charge in [-0.15, -0.1) is 0 Å². The second-order valence-corrected chi connectivity index (χ2v) is 35.8. The molecule has 0 aromatic heterocycles. The van der Waals surface area contributed by atoms with Gasteiger partial charge in [0.15, 0.2) is 0 Å². The summed E-state index contributed by atoms with van der Waals surface area (Å²) in [5.41, 5.74) is 27.6. The average Bonchev–Trinajstić information content (AvgIpc) is 0.698. The molecular weight excluding hydrogens is 1630 g/mol. The van der Waals surface area contributed by atoms with Crippen molar-refractivity contribution < 1.29 is 0 Å². The first-order chi connectivity index (χ1) is 67.5. The Morgan fingerprint density at radius 1 is 0.0735 bits per heavy atom. The Bertz CT molecular complexity index is 9310. The standard InChI is InChI=1S/C56H36.C44H28.C36H24/c1-3-17-39(18-4-1)53-45-23-9-10-24-46(45)55(40-19-5-2-6-20-40)52-36-42(34-35-51(52)53)37-30-32-41(33-31-37)54-47-25-11-13-27-49(47)56(50-28-14-12-26-48(50)54)44-29-15-21-38-16-7-8-22-43(38)44;1-4-12-32-25-35(20-17-29(32)9-1)36-23-24-41-42(28-36)44(38-22-19-31-11-3-6-14-34(31)27-38)40-16-8-7-15-39(40)43(41)37-21-18-30-10-2-5-13-33(30)26-37;1-3-13-26(14-4-1)35-31-19-9-10-20-32(31)36(27-15-5-2-6-16-27)34-24-28(22-23-33(34)35)30-21-11-17-25-12-7-8-18-29(25)30/h1-36H;1-28H;1-24H. The number of hydrogen-bond acceptors (Lipinski definition) is 0. The van der Waals surface area contributed by atoms with E-state index in [-0.39, 0.29) is 0 Å². The van der Waals surface area contributed by atoms with Crippen molar-refractivity contribution >= 4 is 140 Å². The Morgan fingerprint density at radius 3 is 0.640 bits per heavy atom. The summed E-state index contributed by atoms with van der Waals surface area (Å²) in [7, 11) is 0. The zero-order valence-electron chi connectivity index (χ0n) is 74.8. The Hall–Kier alpha value is -17.7. The summed E-state index contributed by atoms with van der Waals surface area (Å²) in [4.78, 5) is 0. The van der Waals surface area contributed by atoms with E-state index < -0.39 is 0 Å². The van der Waals surface area contributed by atoms with Crippen molar-refractivity contribution in [2.45, 2.75) is 0 Å². The lowest BCUT2D eigenvalue weighted by Gasteiger charge is -2.19. The van der Waals surface area contributed by atoms with Crippen LogP contribution >= 0.6 is 0 Å². The normalized spacial score (nSPS) is 11.5. The molecule has 0 radical (unpaired) electrons. The van der Waals surface area contributed by atoms with E-state index >= 15 is 0 Å². The molecule has 0 spiro atoms. The Balaban J connectivity index is 0.000000111. The van der Waals surface area contributed by atoms with Crippen LogP contribution in [0.4, 0.5) is 0 Å². The van der Waals surface area contributed by atoms with Gasteiger partial charge >= 0.3 is 0 Å². The first-order valence-electron chi connectivity index (χ1n) is 47.2. The summed E-state index contributed by atoms with van der Waals surface area (Å²) in [6.07, 6.45) is 0. The van der Waals surface area contributed by atoms with E-state index in [0.717, 1.165) is 0 Å². The van der Waals surface area contributed by atoms with Crippen molar-refractivity contribution in [3.63, 3.8) is 0 Å². The van der Waals surface area contributed by atoms with Gasteiger partial charge < -0.3 is 0 Å². The SMILES string of the molecule is c1ccc(-c2c3ccccc3c(-c3ccccc3)c3cc(-c4ccc(-c5c6ccccc6c(-c6cccc7ccccc67)c6ccccc56)cc4)ccc23)cc1.c1ccc(-c2c3ccccc3c(-c3ccccc3)c3cc(-c4cccc5ccccc45)ccc23)cc1.c1ccc2cc(-c3ccc4c(-c5ccc6ccccc6c5)c5ccccc5c(-c5ccc6ccccc6c5)c4c3)ccc2c1. The number of fused-ring (bicyclic) bond motifs is 13. The number of hydrogen-bond donors (Lipinski definition) is 0. The van der Waals surface area contributed by atoms with E-state index in [1.54, 1.807) is 0 Å². The van der Waals surface area contributed by atoms with Crippen molar-refractivity contribution in [1.29, 1.82) is 0 Å². The van der Waals surface area contributed by atoms with Crippen LogP contribution < -0.4 is 0 Å². The average molecular weight is 1720 g/mol. The highest BCUT2D eigenvalue weighted by Gasteiger charge is 2.25. The van der Waals surface area contributed by atoms with Gasteiger partial charge in [-0.25, -0.2) is 0 Å². The Labute approximate surface area is 790 Å². The highest BCUT2D eigenvalue weighted by molar-refractivity contribution is 6.28. The maximum atomic E-state index is 2.42. The molecule has 27 rings (SSSR count). The van der Waals surface area contributed by atoms with E-state index in [9.17, 15) is 0 Å². The first kappa shape index (κ1) is 80.4. The van der Waals surface area contributed by atoms with Crippen LogP contribution in [0.25, 0.3) is 262 Å². The molecule has 0 aliphatic rings. The molecule has 0 amide bonds. The van der Waals surface area contributed by atoms with Gasteiger partial charge in [-0.05, 0) is 299 Å². The first-order valence-corrected chi connectivity index (χ1v) is 47.2. The minimum Gasteiger partial charge on any atom is -0.0622 e. The molecule has 0 bridgehead atoms. The van der Waals surface area contributed by atoms with Crippen LogP contribution in [-0.2, 0) is 0 Å². The van der Waals surface area contributed by atoms with Crippen LogP contribution in [0.15, 0.2) is 534 Å². The van der Waals surface area contributed by atoms with Crippen LogP contribution in [-0.4, -0.2) is 0 Å². The molecule has 0 nitrogen and oxygen atoms in total. The lowest BCUT2D eigenvalue weighted by Crippen LogP contribution is -1.92. The van der Waals surface area contributed by atoms with Crippen LogP contribution in [0.5, 0.6) is 0 Å². The molecule has 0 heterocycles. The molecule has 27 aromatic carbocycles. The van der Waals surface area contributed by atoms with E-state index in [0.29, 0.717) is 0 Å². The molecule has 0 heteroatoms. The maximum Gasteiger partial charge on any atom is -0.00201 e. The zero-order valence-corrected chi connectivity index (χ0v) is 74.8. The summed E-state index contributed by atoms with van der Waals surface area (Å²) >= 11 is 0. The fourth-order valence-corrected chi connectivity index (χ4v) is 21.9. The molecule has 0 saturated carbocycles. The Morgan fingerprint density at radius 2 is 0.272 bits per heavy atom. The summed E-state index contributed by atoms with van der Waals surface area (Å²) in [6.45, 7) is 0. The van der Waals surface area contributed by atoms with E-state index in [2.05, 4.69) is 534 Å². The van der Waals surface area contributed by atoms with Crippen LogP contribution in [0, 0.1) is 0 Å². The summed E-state index contributed by atoms with van der Waals surface area (Å²) in [6, 6.07) is 195. The molecular formula is C136H88. The minimum absolute atomic E-state index is 1.20. The predicted molar refractivity (Wildman–Crippen MR) is 587 cm³/mol. The molecule has 0 unspecified atom stereocenters. The van der Waals surface area contributed by atoms with Gasteiger partial charge in [0.1, 0.15) is 0 Å². The fourth-order valence-electron chi connectivity index (χ4n) is 21.9. The lowest BCUT2D eigenvalue weighted by atomic mass is 9.84. The van der Waals surface area contributed by atoms with Crippen molar-refractivity contribution in [2.24, 2.45) is 0 Å². The van der Waals surface area contributed by atoms with E-state index in [1.165, 1.54) is 262 Å². The third kappa shape index (κ3) is 14.4. The van der Waals surface area contributed by atoms with Crippen molar-refractivity contribution in [2.75, 3.05) is 0 Å². The summed E-state index contributed by atoms with van der Waals surface area (Å²) < 4.78 is 0. The third-order valence-electron chi connectivity index (χ3n) is 28.1. The van der Waals surface area contributed by atoms with Gasteiger partial charge in [0, 0.05) is 0 Å². The highest BCUT2D eigenvalue weighted by atomic mass is 14.3. The van der Waals surface area contributed by atoms with Crippen molar-refractivity contribution in [3.8, 4) is 122 Å². The van der Waals surface area contributed by atoms with Crippen molar-refractivity contribution in [1.82, 2.24) is 0 Å². The Kier molecular flexibility index (Phi) is 20.4. The highest BCUT2D eigenvalue weighted by Crippen LogP contribution is 2.52. The lowest BCUT2D eigenvalue weighted by molar-refractivity contribution is 1.62. The summed E-state index contributed by atoms with van der Waals surface area (Å²) in [5, 5.41) is 33.0. The molecule has 0 atom stereocenters. The fraction of sp³-hybridized carbons (Fsp3) is 0. The maximum absolute atomic E-state index is 2.42. The quantitative estimate of drug-likeness (QED) is 0.113.